The van der Waals surface area contributed by atoms with Gasteiger partial charge in [-0.3, -0.25) is 0 Å². The van der Waals surface area contributed by atoms with Crippen molar-refractivity contribution in [2.45, 2.75) is 0 Å². The summed E-state index contributed by atoms with van der Waals surface area (Å²) in [5.41, 5.74) is 9.81. The van der Waals surface area contributed by atoms with Gasteiger partial charge in [-0.15, -0.1) is 0 Å². The maximum absolute atomic E-state index is 9.10. The van der Waals surface area contributed by atoms with Gasteiger partial charge in [-0.05, 0) is 0 Å². The minimum absolute atomic E-state index is 0. The molecule has 0 bridgehead atoms. The first kappa shape index (κ1) is 24.5. The van der Waals surface area contributed by atoms with Crippen LogP contribution in [0.1, 0.15) is 0 Å². The summed E-state index contributed by atoms with van der Waals surface area (Å²) < 4.78 is 0. The number of carbonyl (C=O) groups is 4. The van der Waals surface area contributed by atoms with Crippen LogP contribution in [0, 0.1) is 0 Å². The molecule has 0 saturated carbocycles. The van der Waals surface area contributed by atoms with E-state index >= 15 is 0 Å². The topological polar surface area (TPSA) is 201 Å². The maximum atomic E-state index is 9.10. The van der Waals surface area contributed by atoms with Gasteiger partial charge in [0.05, 0.1) is 0 Å². The Hall–Kier alpha value is -1.69. The second kappa shape index (κ2) is 16.7. The Morgan fingerprint density at radius 3 is 0.765 bits per heavy atom. The van der Waals surface area contributed by atoms with E-state index in [0.717, 1.165) is 0 Å². The Morgan fingerprint density at radius 1 is 0.647 bits per heavy atom. The predicted octanol–water partition coefficient (Wildman–Crippen LogP) is -2.79. The van der Waals surface area contributed by atoms with Gasteiger partial charge in [0.2, 0.25) is 0 Å². The Kier molecular flexibility index (Phi) is 24.1. The van der Waals surface area contributed by atoms with Crippen LogP contribution in [0.4, 0.5) is 0 Å². The molecule has 11 heteroatoms. The van der Waals surface area contributed by atoms with Crippen LogP contribution in [0.25, 0.3) is 0 Å². The summed E-state index contributed by atoms with van der Waals surface area (Å²) in [7, 11) is 0. The van der Waals surface area contributed by atoms with Gasteiger partial charge in [-0.2, -0.15) is 0 Å². The molecular formula is C6H12CoN2O8. The quantitative estimate of drug-likeness (QED) is 0.275. The van der Waals surface area contributed by atoms with Gasteiger partial charge in [-0.25, -0.2) is 19.2 Å². The van der Waals surface area contributed by atoms with Crippen molar-refractivity contribution in [3.05, 3.63) is 0 Å². The number of carboxylic acid groups (broad SMARTS) is 4. The van der Waals surface area contributed by atoms with E-state index in [4.69, 9.17) is 51.1 Å². The standard InChI is InChI=1S/C2H8N2.2C2H2O4.Co/c3-1-2-4;2*3-1(4)2(5)6;/h1-4H2;2*(H,3,4)(H,5,6);. The van der Waals surface area contributed by atoms with Crippen LogP contribution in [-0.2, 0) is 36.0 Å². The third-order valence-electron chi connectivity index (χ3n) is 0.533. The van der Waals surface area contributed by atoms with Gasteiger partial charge in [0.15, 0.2) is 0 Å². The molecule has 0 aliphatic rings. The molecule has 0 heterocycles. The molecule has 0 rings (SSSR count). The zero-order valence-electron chi connectivity index (χ0n) is 8.32. The van der Waals surface area contributed by atoms with E-state index in [9.17, 15) is 0 Å². The Bertz CT molecular complexity index is 206. The molecule has 103 valence electrons. The first-order valence-electron chi connectivity index (χ1n) is 3.53. The van der Waals surface area contributed by atoms with E-state index < -0.39 is 23.9 Å². The first-order valence-corrected chi connectivity index (χ1v) is 3.53. The monoisotopic (exact) mass is 299 g/mol. The molecule has 0 aliphatic carbocycles. The van der Waals surface area contributed by atoms with Crippen LogP contribution < -0.4 is 11.5 Å². The molecule has 0 aromatic carbocycles. The van der Waals surface area contributed by atoms with Crippen molar-refractivity contribution < 1.29 is 56.4 Å². The van der Waals surface area contributed by atoms with E-state index in [-0.39, 0.29) is 16.8 Å². The van der Waals surface area contributed by atoms with E-state index in [1.807, 2.05) is 0 Å². The number of aliphatic carboxylic acids is 4. The third-order valence-corrected chi connectivity index (χ3v) is 0.533. The zero-order valence-corrected chi connectivity index (χ0v) is 9.37. The fourth-order valence-corrected chi connectivity index (χ4v) is 0. The minimum Gasteiger partial charge on any atom is -0.473 e. The zero-order chi connectivity index (χ0) is 13.7. The second-order valence-electron chi connectivity index (χ2n) is 1.80. The van der Waals surface area contributed by atoms with Crippen LogP contribution in [-0.4, -0.2) is 57.4 Å². The largest absolute Gasteiger partial charge is 0.473 e. The van der Waals surface area contributed by atoms with Crippen LogP contribution in [0.5, 0.6) is 0 Å². The van der Waals surface area contributed by atoms with Crippen LogP contribution >= 0.6 is 0 Å². The molecular weight excluding hydrogens is 287 g/mol. The third kappa shape index (κ3) is 40.6. The minimum atomic E-state index is -1.82. The summed E-state index contributed by atoms with van der Waals surface area (Å²) in [4.78, 5) is 36.4. The Balaban J connectivity index is -0.0000000741. The normalized spacial score (nSPS) is 6.94. The van der Waals surface area contributed by atoms with Crippen molar-refractivity contribution in [2.24, 2.45) is 11.5 Å². The first-order chi connectivity index (χ1) is 7.20. The van der Waals surface area contributed by atoms with Crippen molar-refractivity contribution >= 4 is 23.9 Å². The van der Waals surface area contributed by atoms with Crippen molar-refractivity contribution in [3.8, 4) is 0 Å². The average Bonchev–Trinajstić information content (AvgIpc) is 2.18. The van der Waals surface area contributed by atoms with E-state index in [1.165, 1.54) is 0 Å². The molecule has 0 aromatic heterocycles. The Labute approximate surface area is 105 Å². The molecule has 0 fully saturated rings. The van der Waals surface area contributed by atoms with Crippen LogP contribution in [0.15, 0.2) is 0 Å². The van der Waals surface area contributed by atoms with Crippen molar-refractivity contribution in [1.82, 2.24) is 0 Å². The molecule has 0 unspecified atom stereocenters. The predicted molar refractivity (Wildman–Crippen MR) is 48.7 cm³/mol. The van der Waals surface area contributed by atoms with Crippen LogP contribution in [0.3, 0.4) is 0 Å². The summed E-state index contributed by atoms with van der Waals surface area (Å²) in [5.74, 6) is -7.30. The SMILES string of the molecule is NCCN.O=C(O)C(=O)O.O=C(O)C(=O)O.[Co]. The average molecular weight is 299 g/mol. The molecule has 8 N–H and O–H groups in total. The number of nitrogens with two attached hydrogens (primary N) is 2. The van der Waals surface area contributed by atoms with Gasteiger partial charge in [0.25, 0.3) is 0 Å². The molecule has 0 aromatic rings. The van der Waals surface area contributed by atoms with Crippen molar-refractivity contribution in [1.29, 1.82) is 0 Å². The smallest absolute Gasteiger partial charge is 0.414 e. The van der Waals surface area contributed by atoms with Gasteiger partial charge in [0.1, 0.15) is 0 Å². The molecule has 0 amide bonds. The number of rotatable bonds is 1. The molecule has 0 spiro atoms. The summed E-state index contributed by atoms with van der Waals surface area (Å²) >= 11 is 0. The fraction of sp³-hybridized carbons (Fsp3) is 0.333. The number of hydrogen-bond acceptors (Lipinski definition) is 6. The summed E-state index contributed by atoms with van der Waals surface area (Å²) in [5, 5.41) is 29.6. The molecule has 0 saturated heterocycles. The molecule has 10 nitrogen and oxygen atoms in total. The van der Waals surface area contributed by atoms with Gasteiger partial charge in [0, 0.05) is 29.9 Å². The van der Waals surface area contributed by atoms with Gasteiger partial charge < -0.3 is 31.9 Å². The molecule has 0 aliphatic heterocycles. The maximum Gasteiger partial charge on any atom is 0.414 e. The summed E-state index contributed by atoms with van der Waals surface area (Å²) in [6.07, 6.45) is 0. The number of carboxylic acids is 4. The summed E-state index contributed by atoms with van der Waals surface area (Å²) in [6, 6.07) is 0. The second-order valence-corrected chi connectivity index (χ2v) is 1.80. The van der Waals surface area contributed by atoms with E-state index in [1.54, 1.807) is 0 Å². The Morgan fingerprint density at radius 2 is 0.765 bits per heavy atom. The number of hydrogen-bond donors (Lipinski definition) is 6. The van der Waals surface area contributed by atoms with E-state index in [2.05, 4.69) is 0 Å². The summed E-state index contributed by atoms with van der Waals surface area (Å²) in [6.45, 7) is 1.19. The molecule has 1 radical (unpaired) electrons. The molecule has 0 atom stereocenters. The molecule has 17 heavy (non-hydrogen) atoms. The fourth-order valence-electron chi connectivity index (χ4n) is 0. The van der Waals surface area contributed by atoms with Crippen molar-refractivity contribution in [3.63, 3.8) is 0 Å². The van der Waals surface area contributed by atoms with Gasteiger partial charge in [-0.1, -0.05) is 0 Å². The van der Waals surface area contributed by atoms with Crippen LogP contribution in [0.2, 0.25) is 0 Å². The van der Waals surface area contributed by atoms with E-state index in [0.29, 0.717) is 13.1 Å². The van der Waals surface area contributed by atoms with Gasteiger partial charge >= 0.3 is 23.9 Å². The van der Waals surface area contributed by atoms with Crippen molar-refractivity contribution in [2.75, 3.05) is 13.1 Å².